The van der Waals surface area contributed by atoms with Gasteiger partial charge in [0.25, 0.3) is 0 Å². The zero-order valence-electron chi connectivity index (χ0n) is 15.6. The Morgan fingerprint density at radius 3 is 2.33 bits per heavy atom. The summed E-state index contributed by atoms with van der Waals surface area (Å²) in [5.74, 6) is 0.752. The van der Waals surface area contributed by atoms with Gasteiger partial charge in [0, 0.05) is 18.6 Å². The molecule has 2 saturated heterocycles. The van der Waals surface area contributed by atoms with E-state index in [0.717, 1.165) is 43.5 Å². The van der Waals surface area contributed by atoms with Crippen LogP contribution in [0.4, 0.5) is 0 Å². The number of benzene rings is 2. The van der Waals surface area contributed by atoms with Gasteiger partial charge in [-0.1, -0.05) is 42.5 Å². The predicted octanol–water partition coefficient (Wildman–Crippen LogP) is 3.99. The molecule has 2 aromatic carbocycles. The molecule has 0 saturated carbocycles. The van der Waals surface area contributed by atoms with Crippen molar-refractivity contribution in [2.45, 2.75) is 56.3 Å². The molecule has 2 atom stereocenters. The molecule has 2 aromatic rings. The fourth-order valence-corrected chi connectivity index (χ4v) is 4.68. The standard InChI is InChI=1S/C23H26N2O2/c24-13-4-14-27-22-11-7-19(8-12-22)23(26)15-20-9-10-21(16-23)25(20)17-18-5-2-1-3-6-18/h1-3,5-8,11-12,20-21,26H,4,9-10,14-17H2. The Labute approximate surface area is 161 Å². The molecule has 140 valence electrons. The van der Waals surface area contributed by atoms with E-state index >= 15 is 0 Å². The summed E-state index contributed by atoms with van der Waals surface area (Å²) in [7, 11) is 0. The van der Waals surface area contributed by atoms with Gasteiger partial charge in [0.2, 0.25) is 0 Å². The second-order valence-electron chi connectivity index (χ2n) is 7.76. The van der Waals surface area contributed by atoms with Gasteiger partial charge in [-0.2, -0.15) is 5.26 Å². The lowest BCUT2D eigenvalue weighted by atomic mass is 9.80. The van der Waals surface area contributed by atoms with Gasteiger partial charge in [-0.15, -0.1) is 0 Å². The van der Waals surface area contributed by atoms with Crippen LogP contribution in [0.1, 0.15) is 43.2 Å². The predicted molar refractivity (Wildman–Crippen MR) is 104 cm³/mol. The van der Waals surface area contributed by atoms with Crippen LogP contribution in [-0.4, -0.2) is 28.7 Å². The van der Waals surface area contributed by atoms with E-state index in [1.165, 1.54) is 5.56 Å². The topological polar surface area (TPSA) is 56.5 Å². The molecule has 0 aliphatic carbocycles. The SMILES string of the molecule is N#CCCOc1ccc(C2(O)CC3CCC(C2)N3Cc2ccccc2)cc1. The minimum atomic E-state index is -0.760. The number of fused-ring (bicyclic) bond motifs is 2. The fraction of sp³-hybridized carbons (Fsp3) is 0.435. The molecule has 0 radical (unpaired) electrons. The largest absolute Gasteiger partial charge is 0.493 e. The lowest BCUT2D eigenvalue weighted by Crippen LogP contribution is -2.49. The number of ether oxygens (including phenoxy) is 1. The molecule has 0 aromatic heterocycles. The van der Waals surface area contributed by atoms with E-state index in [1.54, 1.807) is 0 Å². The Hall–Kier alpha value is -2.35. The van der Waals surface area contributed by atoms with Crippen molar-refractivity contribution in [3.8, 4) is 11.8 Å². The van der Waals surface area contributed by atoms with Crippen molar-refractivity contribution in [1.29, 1.82) is 5.26 Å². The third-order valence-corrected chi connectivity index (χ3v) is 6.00. The van der Waals surface area contributed by atoms with Crippen LogP contribution in [0.3, 0.4) is 0 Å². The van der Waals surface area contributed by atoms with Crippen LogP contribution in [0.25, 0.3) is 0 Å². The van der Waals surface area contributed by atoms with Gasteiger partial charge in [-0.25, -0.2) is 0 Å². The van der Waals surface area contributed by atoms with Crippen LogP contribution in [0.2, 0.25) is 0 Å². The molecule has 0 amide bonds. The second kappa shape index (κ2) is 7.72. The van der Waals surface area contributed by atoms with Crippen molar-refractivity contribution in [2.24, 2.45) is 0 Å². The Morgan fingerprint density at radius 2 is 1.70 bits per heavy atom. The van der Waals surface area contributed by atoms with Crippen molar-refractivity contribution in [2.75, 3.05) is 6.61 Å². The second-order valence-corrected chi connectivity index (χ2v) is 7.76. The molecule has 2 fully saturated rings. The van der Waals surface area contributed by atoms with Gasteiger partial charge >= 0.3 is 0 Å². The van der Waals surface area contributed by atoms with Crippen LogP contribution in [0, 0.1) is 11.3 Å². The Kier molecular flexibility index (Phi) is 5.15. The summed E-state index contributed by atoms with van der Waals surface area (Å²) < 4.78 is 5.55. The summed E-state index contributed by atoms with van der Waals surface area (Å²) in [4.78, 5) is 2.59. The van der Waals surface area contributed by atoms with Gasteiger partial charge in [0.1, 0.15) is 12.4 Å². The average Bonchev–Trinajstić information content (AvgIpc) is 2.93. The highest BCUT2D eigenvalue weighted by molar-refractivity contribution is 5.32. The maximum Gasteiger partial charge on any atom is 0.119 e. The first-order chi connectivity index (χ1) is 13.2. The van der Waals surface area contributed by atoms with Crippen molar-refractivity contribution >= 4 is 0 Å². The van der Waals surface area contributed by atoms with Crippen LogP contribution in [0.5, 0.6) is 5.75 Å². The molecule has 4 heteroatoms. The van der Waals surface area contributed by atoms with Crippen LogP contribution >= 0.6 is 0 Å². The molecule has 2 bridgehead atoms. The molecule has 4 nitrogen and oxygen atoms in total. The molecule has 0 spiro atoms. The third-order valence-electron chi connectivity index (χ3n) is 6.00. The summed E-state index contributed by atoms with van der Waals surface area (Å²) in [6.45, 7) is 1.37. The Bertz CT molecular complexity index is 783. The molecule has 1 N–H and O–H groups in total. The van der Waals surface area contributed by atoms with Gasteiger partial charge in [-0.05, 0) is 48.9 Å². The number of hydrogen-bond donors (Lipinski definition) is 1. The molecular weight excluding hydrogens is 336 g/mol. The minimum absolute atomic E-state index is 0.381. The molecule has 2 aliphatic heterocycles. The Morgan fingerprint density at radius 1 is 1.04 bits per heavy atom. The number of rotatable bonds is 6. The quantitative estimate of drug-likeness (QED) is 0.790. The summed E-state index contributed by atoms with van der Waals surface area (Å²) in [5, 5.41) is 20.0. The first-order valence-electron chi connectivity index (χ1n) is 9.80. The van der Waals surface area contributed by atoms with E-state index in [0.29, 0.717) is 25.1 Å². The number of nitrogens with zero attached hydrogens (tertiary/aromatic N) is 2. The number of nitriles is 1. The zero-order chi connectivity index (χ0) is 18.7. The van der Waals surface area contributed by atoms with Crippen molar-refractivity contribution in [1.82, 2.24) is 4.90 Å². The summed E-state index contributed by atoms with van der Waals surface area (Å²) >= 11 is 0. The molecule has 27 heavy (non-hydrogen) atoms. The van der Waals surface area contributed by atoms with Gasteiger partial charge in [-0.3, -0.25) is 4.90 Å². The summed E-state index contributed by atoms with van der Waals surface area (Å²) in [6.07, 6.45) is 4.27. The van der Waals surface area contributed by atoms with E-state index < -0.39 is 5.60 Å². The van der Waals surface area contributed by atoms with Crippen molar-refractivity contribution in [3.63, 3.8) is 0 Å². The van der Waals surface area contributed by atoms with E-state index in [4.69, 9.17) is 10.00 Å². The van der Waals surface area contributed by atoms with Crippen LogP contribution in [-0.2, 0) is 12.1 Å². The molecule has 2 aliphatic rings. The van der Waals surface area contributed by atoms with E-state index in [2.05, 4.69) is 41.3 Å². The fourth-order valence-electron chi connectivity index (χ4n) is 4.68. The smallest absolute Gasteiger partial charge is 0.119 e. The van der Waals surface area contributed by atoms with Gasteiger partial charge < -0.3 is 9.84 Å². The highest BCUT2D eigenvalue weighted by atomic mass is 16.5. The lowest BCUT2D eigenvalue weighted by molar-refractivity contribution is -0.0595. The number of aliphatic hydroxyl groups is 1. The van der Waals surface area contributed by atoms with Crippen LogP contribution < -0.4 is 4.74 Å². The number of hydrogen-bond acceptors (Lipinski definition) is 4. The van der Waals surface area contributed by atoms with Gasteiger partial charge in [0.15, 0.2) is 0 Å². The Balaban J connectivity index is 1.44. The van der Waals surface area contributed by atoms with E-state index in [1.807, 2.05) is 24.3 Å². The average molecular weight is 362 g/mol. The number of piperidine rings is 1. The molecule has 2 heterocycles. The van der Waals surface area contributed by atoms with E-state index in [-0.39, 0.29) is 0 Å². The maximum atomic E-state index is 11.4. The highest BCUT2D eigenvalue weighted by Gasteiger charge is 2.48. The molecule has 2 unspecified atom stereocenters. The monoisotopic (exact) mass is 362 g/mol. The van der Waals surface area contributed by atoms with Crippen molar-refractivity contribution in [3.05, 3.63) is 65.7 Å². The zero-order valence-corrected chi connectivity index (χ0v) is 15.6. The van der Waals surface area contributed by atoms with Crippen LogP contribution in [0.15, 0.2) is 54.6 Å². The first-order valence-corrected chi connectivity index (χ1v) is 9.80. The maximum absolute atomic E-state index is 11.4. The lowest BCUT2D eigenvalue weighted by Gasteiger charge is -2.44. The van der Waals surface area contributed by atoms with Gasteiger partial charge in [0.05, 0.1) is 18.1 Å². The highest BCUT2D eigenvalue weighted by Crippen LogP contribution is 2.46. The van der Waals surface area contributed by atoms with Crippen molar-refractivity contribution < 1.29 is 9.84 Å². The van der Waals surface area contributed by atoms with E-state index in [9.17, 15) is 5.11 Å². The summed E-state index contributed by atoms with van der Waals surface area (Å²) in [6, 6.07) is 21.3. The third kappa shape index (κ3) is 3.85. The molecule has 4 rings (SSSR count). The molecular formula is C23H26N2O2. The summed E-state index contributed by atoms with van der Waals surface area (Å²) in [5.41, 5.74) is 1.56. The first kappa shape index (κ1) is 18.0. The minimum Gasteiger partial charge on any atom is -0.493 e. The normalized spacial score (nSPS) is 27.3.